The van der Waals surface area contributed by atoms with Gasteiger partial charge in [0.1, 0.15) is 11.3 Å². The fourth-order valence-corrected chi connectivity index (χ4v) is 3.24. The predicted octanol–water partition coefficient (Wildman–Crippen LogP) is 3.42. The standard InChI is InChI=1S/C21H31N3O3/c1-3-22-21(23-11-6-12-26-18-9-13-25-14-10-18)24(2)16-19-15-17-7-4-5-8-20(17)27-19/h4-5,7-8,15,18H,3,6,9-14,16H2,1-2H3,(H,22,23). The van der Waals surface area contributed by atoms with Gasteiger partial charge in [-0.15, -0.1) is 0 Å². The Morgan fingerprint density at radius 2 is 2.11 bits per heavy atom. The minimum Gasteiger partial charge on any atom is -0.459 e. The second-order valence-electron chi connectivity index (χ2n) is 6.88. The maximum absolute atomic E-state index is 5.92. The Balaban J connectivity index is 1.47. The summed E-state index contributed by atoms with van der Waals surface area (Å²) >= 11 is 0. The molecule has 1 aromatic carbocycles. The van der Waals surface area contributed by atoms with E-state index in [0.717, 1.165) is 74.9 Å². The van der Waals surface area contributed by atoms with Crippen molar-refractivity contribution in [3.8, 4) is 0 Å². The van der Waals surface area contributed by atoms with E-state index in [-0.39, 0.29) is 0 Å². The molecule has 1 fully saturated rings. The van der Waals surface area contributed by atoms with Crippen LogP contribution in [0.3, 0.4) is 0 Å². The van der Waals surface area contributed by atoms with Crippen LogP contribution in [-0.4, -0.2) is 56.9 Å². The van der Waals surface area contributed by atoms with E-state index >= 15 is 0 Å². The number of ether oxygens (including phenoxy) is 2. The van der Waals surface area contributed by atoms with Crippen LogP contribution in [0.25, 0.3) is 11.0 Å². The summed E-state index contributed by atoms with van der Waals surface area (Å²) < 4.78 is 17.2. The minimum absolute atomic E-state index is 0.353. The molecule has 0 radical (unpaired) electrons. The number of benzene rings is 1. The number of hydrogen-bond donors (Lipinski definition) is 1. The highest BCUT2D eigenvalue weighted by molar-refractivity contribution is 5.80. The van der Waals surface area contributed by atoms with E-state index in [1.165, 1.54) is 0 Å². The molecule has 0 unspecified atom stereocenters. The Bertz CT molecular complexity index is 689. The van der Waals surface area contributed by atoms with Crippen LogP contribution in [0.15, 0.2) is 39.7 Å². The molecular weight excluding hydrogens is 342 g/mol. The minimum atomic E-state index is 0.353. The fourth-order valence-electron chi connectivity index (χ4n) is 3.24. The molecule has 1 saturated heterocycles. The van der Waals surface area contributed by atoms with Crippen LogP contribution in [-0.2, 0) is 16.0 Å². The van der Waals surface area contributed by atoms with Gasteiger partial charge in [0.25, 0.3) is 0 Å². The van der Waals surface area contributed by atoms with Crippen LogP contribution < -0.4 is 5.32 Å². The zero-order valence-electron chi connectivity index (χ0n) is 16.4. The first-order valence-corrected chi connectivity index (χ1v) is 9.92. The fraction of sp³-hybridized carbons (Fsp3) is 0.571. The van der Waals surface area contributed by atoms with Gasteiger partial charge in [0.2, 0.25) is 0 Å². The Morgan fingerprint density at radius 3 is 2.89 bits per heavy atom. The van der Waals surface area contributed by atoms with Gasteiger partial charge in [-0.05, 0) is 38.3 Å². The number of furan rings is 1. The molecule has 2 heterocycles. The summed E-state index contributed by atoms with van der Waals surface area (Å²) in [5.74, 6) is 1.83. The van der Waals surface area contributed by atoms with E-state index in [0.29, 0.717) is 12.6 Å². The van der Waals surface area contributed by atoms with Crippen LogP contribution >= 0.6 is 0 Å². The normalized spacial score (nSPS) is 16.0. The van der Waals surface area contributed by atoms with Gasteiger partial charge in [0.05, 0.1) is 12.6 Å². The lowest BCUT2D eigenvalue weighted by atomic mass is 10.1. The van der Waals surface area contributed by atoms with Gasteiger partial charge in [-0.3, -0.25) is 4.99 Å². The number of hydrogen-bond acceptors (Lipinski definition) is 4. The summed E-state index contributed by atoms with van der Waals surface area (Å²) in [7, 11) is 2.03. The molecule has 0 aliphatic carbocycles. The molecule has 0 saturated carbocycles. The average Bonchev–Trinajstić information content (AvgIpc) is 3.10. The van der Waals surface area contributed by atoms with Crippen molar-refractivity contribution in [2.45, 2.75) is 38.8 Å². The number of para-hydroxylation sites is 1. The van der Waals surface area contributed by atoms with Crippen molar-refractivity contribution in [3.63, 3.8) is 0 Å². The second kappa shape index (κ2) is 10.3. The van der Waals surface area contributed by atoms with Gasteiger partial charge < -0.3 is 24.1 Å². The van der Waals surface area contributed by atoms with Crippen LogP contribution in [0.4, 0.5) is 0 Å². The smallest absolute Gasteiger partial charge is 0.194 e. The van der Waals surface area contributed by atoms with Crippen LogP contribution in [0.2, 0.25) is 0 Å². The maximum atomic E-state index is 5.92. The molecule has 3 rings (SSSR count). The second-order valence-corrected chi connectivity index (χ2v) is 6.88. The van der Waals surface area contributed by atoms with Gasteiger partial charge in [0.15, 0.2) is 5.96 Å². The van der Waals surface area contributed by atoms with Gasteiger partial charge in [0, 0.05) is 45.3 Å². The number of guanidine groups is 1. The van der Waals surface area contributed by atoms with E-state index in [9.17, 15) is 0 Å². The van der Waals surface area contributed by atoms with E-state index in [2.05, 4.69) is 29.3 Å². The lowest BCUT2D eigenvalue weighted by molar-refractivity contribution is -0.0318. The van der Waals surface area contributed by atoms with E-state index in [1.54, 1.807) is 0 Å². The summed E-state index contributed by atoms with van der Waals surface area (Å²) in [4.78, 5) is 6.83. The predicted molar refractivity (Wildman–Crippen MR) is 108 cm³/mol. The third-order valence-corrected chi connectivity index (χ3v) is 4.65. The monoisotopic (exact) mass is 373 g/mol. The van der Waals surface area contributed by atoms with Crippen LogP contribution in [0.5, 0.6) is 0 Å². The number of aliphatic imine (C=N–C) groups is 1. The molecule has 1 N–H and O–H groups in total. The Labute approximate surface area is 161 Å². The van der Waals surface area contributed by atoms with Crippen molar-refractivity contribution in [1.82, 2.24) is 10.2 Å². The van der Waals surface area contributed by atoms with E-state index in [1.807, 2.05) is 25.2 Å². The largest absolute Gasteiger partial charge is 0.459 e. The van der Waals surface area contributed by atoms with Crippen molar-refractivity contribution in [1.29, 1.82) is 0 Å². The molecule has 6 nitrogen and oxygen atoms in total. The lowest BCUT2D eigenvalue weighted by Crippen LogP contribution is -2.38. The van der Waals surface area contributed by atoms with Crippen LogP contribution in [0.1, 0.15) is 31.9 Å². The van der Waals surface area contributed by atoms with Gasteiger partial charge in [-0.1, -0.05) is 18.2 Å². The molecule has 1 aromatic heterocycles. The molecule has 0 amide bonds. The maximum Gasteiger partial charge on any atom is 0.194 e. The average molecular weight is 373 g/mol. The number of nitrogens with zero attached hydrogens (tertiary/aromatic N) is 2. The highest BCUT2D eigenvalue weighted by Gasteiger charge is 2.14. The summed E-state index contributed by atoms with van der Waals surface area (Å²) in [5.41, 5.74) is 0.924. The molecule has 27 heavy (non-hydrogen) atoms. The molecule has 148 valence electrons. The third-order valence-electron chi connectivity index (χ3n) is 4.65. The van der Waals surface area contributed by atoms with E-state index < -0.39 is 0 Å². The molecule has 0 atom stereocenters. The van der Waals surface area contributed by atoms with Gasteiger partial charge >= 0.3 is 0 Å². The first-order chi connectivity index (χ1) is 13.3. The highest BCUT2D eigenvalue weighted by atomic mass is 16.5. The Hall–Kier alpha value is -2.05. The zero-order chi connectivity index (χ0) is 18.9. The quantitative estimate of drug-likeness (QED) is 0.436. The summed E-state index contributed by atoms with van der Waals surface area (Å²) in [5, 5.41) is 4.49. The lowest BCUT2D eigenvalue weighted by Gasteiger charge is -2.22. The first-order valence-electron chi connectivity index (χ1n) is 9.92. The van der Waals surface area contributed by atoms with Crippen molar-refractivity contribution in [2.24, 2.45) is 4.99 Å². The molecular formula is C21H31N3O3. The van der Waals surface area contributed by atoms with Crippen molar-refractivity contribution >= 4 is 16.9 Å². The summed E-state index contributed by atoms with van der Waals surface area (Å²) in [6.45, 7) is 6.73. The first kappa shape index (κ1) is 19.7. The molecule has 2 aromatic rings. The SMILES string of the molecule is CCNC(=NCCCOC1CCOCC1)N(C)Cc1cc2ccccc2o1. The zero-order valence-corrected chi connectivity index (χ0v) is 16.4. The number of nitrogens with one attached hydrogen (secondary N) is 1. The van der Waals surface area contributed by atoms with Crippen molar-refractivity contribution in [3.05, 3.63) is 36.1 Å². The summed E-state index contributed by atoms with van der Waals surface area (Å²) in [6, 6.07) is 10.2. The molecule has 6 heteroatoms. The Morgan fingerprint density at radius 1 is 1.30 bits per heavy atom. The summed E-state index contributed by atoms with van der Waals surface area (Å²) in [6.07, 6.45) is 3.29. The van der Waals surface area contributed by atoms with Crippen LogP contribution in [0, 0.1) is 0 Å². The molecule has 1 aliphatic heterocycles. The molecule has 0 bridgehead atoms. The van der Waals surface area contributed by atoms with Gasteiger partial charge in [-0.2, -0.15) is 0 Å². The van der Waals surface area contributed by atoms with E-state index in [4.69, 9.17) is 18.9 Å². The topological polar surface area (TPSA) is 59.2 Å². The number of rotatable bonds is 8. The number of fused-ring (bicyclic) bond motifs is 1. The molecule has 1 aliphatic rings. The highest BCUT2D eigenvalue weighted by Crippen LogP contribution is 2.19. The molecule has 0 spiro atoms. The third kappa shape index (κ3) is 5.97. The van der Waals surface area contributed by atoms with Crippen molar-refractivity contribution in [2.75, 3.05) is 40.0 Å². The van der Waals surface area contributed by atoms with Gasteiger partial charge in [-0.25, -0.2) is 0 Å². The van der Waals surface area contributed by atoms with Crippen molar-refractivity contribution < 1.29 is 13.9 Å². The Kier molecular flexibility index (Phi) is 7.54.